The zero-order valence-electron chi connectivity index (χ0n) is 10.5. The van der Waals surface area contributed by atoms with E-state index in [-0.39, 0.29) is 5.91 Å². The van der Waals surface area contributed by atoms with E-state index in [1.54, 1.807) is 24.3 Å². The summed E-state index contributed by atoms with van der Waals surface area (Å²) in [6, 6.07) is 8.90. The van der Waals surface area contributed by atoms with Crippen LogP contribution in [0, 0.1) is 13.8 Å². The fourth-order valence-corrected chi connectivity index (χ4v) is 2.25. The van der Waals surface area contributed by atoms with Gasteiger partial charge in [0.25, 0.3) is 5.91 Å². The fourth-order valence-electron chi connectivity index (χ4n) is 1.72. The molecule has 0 saturated carbocycles. The fraction of sp³-hybridized carbons (Fsp3) is 0.143. The van der Waals surface area contributed by atoms with Crippen LogP contribution in [-0.2, 0) is 0 Å². The predicted octanol–water partition coefficient (Wildman–Crippen LogP) is 4.37. The molecule has 0 aliphatic carbocycles. The number of aromatic nitrogens is 1. The van der Waals surface area contributed by atoms with Gasteiger partial charge < -0.3 is 5.32 Å². The van der Waals surface area contributed by atoms with Crippen LogP contribution in [0.25, 0.3) is 0 Å². The molecule has 0 aliphatic heterocycles. The summed E-state index contributed by atoms with van der Waals surface area (Å²) in [4.78, 5) is 16.5. The molecule has 1 amide bonds. The number of rotatable bonds is 2. The molecule has 1 heterocycles. The number of amides is 1. The highest BCUT2D eigenvalue weighted by Gasteiger charge is 2.12. The van der Waals surface area contributed by atoms with E-state index in [0.29, 0.717) is 26.4 Å². The van der Waals surface area contributed by atoms with Crippen LogP contribution in [0.2, 0.25) is 5.02 Å². The van der Waals surface area contributed by atoms with Crippen molar-refractivity contribution in [1.82, 2.24) is 4.98 Å². The Kier molecular flexibility index (Phi) is 4.22. The smallest absolute Gasteiger partial charge is 0.257 e. The standard InChI is InChI=1S/C14H12BrClN2O/c1-8-6-7-10(9(2)17-8)14(19)18-12-5-3-4-11(16)13(12)15/h3-7H,1-2H3,(H,18,19). The molecule has 0 saturated heterocycles. The summed E-state index contributed by atoms with van der Waals surface area (Å²) in [6.45, 7) is 3.71. The summed E-state index contributed by atoms with van der Waals surface area (Å²) in [6.07, 6.45) is 0. The summed E-state index contributed by atoms with van der Waals surface area (Å²) in [5, 5.41) is 3.37. The first-order valence-corrected chi connectivity index (χ1v) is 6.85. The molecule has 3 nitrogen and oxygen atoms in total. The first-order chi connectivity index (χ1) is 8.99. The molecule has 0 unspecified atom stereocenters. The van der Waals surface area contributed by atoms with Gasteiger partial charge in [0, 0.05) is 5.69 Å². The van der Waals surface area contributed by atoms with E-state index in [9.17, 15) is 4.79 Å². The Balaban J connectivity index is 2.28. The van der Waals surface area contributed by atoms with Gasteiger partial charge in [0.1, 0.15) is 0 Å². The SMILES string of the molecule is Cc1ccc(C(=O)Nc2cccc(Cl)c2Br)c(C)n1. The lowest BCUT2D eigenvalue weighted by molar-refractivity contribution is 0.102. The lowest BCUT2D eigenvalue weighted by Gasteiger charge is -2.10. The third-order valence-electron chi connectivity index (χ3n) is 2.67. The molecule has 1 N–H and O–H groups in total. The van der Waals surface area contributed by atoms with Crippen LogP contribution in [0.1, 0.15) is 21.7 Å². The first kappa shape index (κ1) is 14.0. The second-order valence-corrected chi connectivity index (χ2v) is 5.34. The Morgan fingerprint density at radius 1 is 1.26 bits per heavy atom. The van der Waals surface area contributed by atoms with Crippen LogP contribution in [0.3, 0.4) is 0 Å². The minimum absolute atomic E-state index is 0.201. The van der Waals surface area contributed by atoms with Crippen molar-refractivity contribution in [2.24, 2.45) is 0 Å². The highest BCUT2D eigenvalue weighted by Crippen LogP contribution is 2.30. The molecule has 0 fully saturated rings. The van der Waals surface area contributed by atoms with Crippen molar-refractivity contribution in [3.63, 3.8) is 0 Å². The van der Waals surface area contributed by atoms with Gasteiger partial charge in [-0.25, -0.2) is 0 Å². The zero-order valence-corrected chi connectivity index (χ0v) is 12.8. The van der Waals surface area contributed by atoms with Gasteiger partial charge >= 0.3 is 0 Å². The van der Waals surface area contributed by atoms with Crippen LogP contribution in [-0.4, -0.2) is 10.9 Å². The van der Waals surface area contributed by atoms with Crippen molar-refractivity contribution in [3.05, 3.63) is 56.8 Å². The van der Waals surface area contributed by atoms with Gasteiger partial charge in [-0.2, -0.15) is 0 Å². The van der Waals surface area contributed by atoms with Gasteiger partial charge in [0.15, 0.2) is 0 Å². The van der Waals surface area contributed by atoms with Crippen molar-refractivity contribution in [2.75, 3.05) is 5.32 Å². The van der Waals surface area contributed by atoms with Crippen LogP contribution < -0.4 is 5.32 Å². The molecule has 0 atom stereocenters. The monoisotopic (exact) mass is 338 g/mol. The number of carbonyl (C=O) groups excluding carboxylic acids is 1. The maximum absolute atomic E-state index is 12.2. The second kappa shape index (κ2) is 5.72. The van der Waals surface area contributed by atoms with E-state index >= 15 is 0 Å². The molecule has 1 aromatic heterocycles. The predicted molar refractivity (Wildman–Crippen MR) is 80.8 cm³/mol. The van der Waals surface area contributed by atoms with Gasteiger partial charge in [-0.3, -0.25) is 9.78 Å². The summed E-state index contributed by atoms with van der Waals surface area (Å²) >= 11 is 9.33. The van der Waals surface area contributed by atoms with Gasteiger partial charge in [0.05, 0.1) is 26.4 Å². The Labute approximate surface area is 125 Å². The number of halogens is 2. The highest BCUT2D eigenvalue weighted by molar-refractivity contribution is 9.10. The minimum atomic E-state index is -0.201. The highest BCUT2D eigenvalue weighted by atomic mass is 79.9. The zero-order chi connectivity index (χ0) is 14.0. The van der Waals surface area contributed by atoms with Gasteiger partial charge in [-0.15, -0.1) is 0 Å². The average molecular weight is 340 g/mol. The molecule has 19 heavy (non-hydrogen) atoms. The molecule has 1 aromatic carbocycles. The van der Waals surface area contributed by atoms with Crippen molar-refractivity contribution < 1.29 is 4.79 Å². The third-order valence-corrected chi connectivity index (χ3v) is 4.07. The van der Waals surface area contributed by atoms with Gasteiger partial charge in [-0.05, 0) is 54.0 Å². The van der Waals surface area contributed by atoms with Crippen molar-refractivity contribution in [3.8, 4) is 0 Å². The maximum atomic E-state index is 12.2. The number of nitrogens with one attached hydrogen (secondary N) is 1. The molecule has 5 heteroatoms. The van der Waals surface area contributed by atoms with Crippen LogP contribution in [0.15, 0.2) is 34.8 Å². The second-order valence-electron chi connectivity index (χ2n) is 4.14. The molecule has 0 bridgehead atoms. The van der Waals surface area contributed by atoms with Crippen LogP contribution in [0.5, 0.6) is 0 Å². The lowest BCUT2D eigenvalue weighted by atomic mass is 10.1. The number of hydrogen-bond donors (Lipinski definition) is 1. The molecular weight excluding hydrogens is 328 g/mol. The number of carbonyl (C=O) groups is 1. The number of nitrogens with zero attached hydrogens (tertiary/aromatic N) is 1. The van der Waals surface area contributed by atoms with E-state index in [1.807, 2.05) is 19.9 Å². The largest absolute Gasteiger partial charge is 0.321 e. The molecule has 2 aromatic rings. The summed E-state index contributed by atoms with van der Waals surface area (Å²) in [5.41, 5.74) is 2.78. The van der Waals surface area contributed by atoms with Gasteiger partial charge in [-0.1, -0.05) is 17.7 Å². The van der Waals surface area contributed by atoms with E-state index in [2.05, 4.69) is 26.2 Å². The maximum Gasteiger partial charge on any atom is 0.257 e. The Hall–Kier alpha value is -1.39. The van der Waals surface area contributed by atoms with E-state index in [4.69, 9.17) is 11.6 Å². The number of hydrogen-bond acceptors (Lipinski definition) is 2. The molecular formula is C14H12BrClN2O. The normalized spacial score (nSPS) is 10.3. The van der Waals surface area contributed by atoms with Crippen molar-refractivity contribution in [1.29, 1.82) is 0 Å². The Bertz CT molecular complexity index is 643. The van der Waals surface area contributed by atoms with Crippen molar-refractivity contribution >= 4 is 39.1 Å². The molecule has 0 radical (unpaired) electrons. The number of pyridine rings is 1. The Morgan fingerprint density at radius 3 is 2.68 bits per heavy atom. The van der Waals surface area contributed by atoms with Crippen LogP contribution >= 0.6 is 27.5 Å². The summed E-state index contributed by atoms with van der Waals surface area (Å²) in [5.74, 6) is -0.201. The molecule has 0 aliphatic rings. The molecule has 0 spiro atoms. The molecule has 2 rings (SSSR count). The van der Waals surface area contributed by atoms with Crippen LogP contribution in [0.4, 0.5) is 5.69 Å². The summed E-state index contributed by atoms with van der Waals surface area (Å²) < 4.78 is 0.669. The van der Waals surface area contributed by atoms with Crippen molar-refractivity contribution in [2.45, 2.75) is 13.8 Å². The quantitative estimate of drug-likeness (QED) is 0.883. The Morgan fingerprint density at radius 2 is 2.00 bits per heavy atom. The van der Waals surface area contributed by atoms with E-state index in [0.717, 1.165) is 5.69 Å². The average Bonchev–Trinajstić information content (AvgIpc) is 2.34. The minimum Gasteiger partial charge on any atom is -0.321 e. The lowest BCUT2D eigenvalue weighted by Crippen LogP contribution is -2.14. The number of aryl methyl sites for hydroxylation is 2. The third kappa shape index (κ3) is 3.14. The molecule has 98 valence electrons. The van der Waals surface area contributed by atoms with Gasteiger partial charge in [0.2, 0.25) is 0 Å². The van der Waals surface area contributed by atoms with E-state index < -0.39 is 0 Å². The topological polar surface area (TPSA) is 42.0 Å². The van der Waals surface area contributed by atoms with E-state index in [1.165, 1.54) is 0 Å². The first-order valence-electron chi connectivity index (χ1n) is 5.68. The summed E-state index contributed by atoms with van der Waals surface area (Å²) in [7, 11) is 0. The number of benzene rings is 1. The number of anilines is 1.